The van der Waals surface area contributed by atoms with E-state index in [-0.39, 0.29) is 29.2 Å². The first kappa shape index (κ1) is 16.6. The fraction of sp³-hybridized carbons (Fsp3) is 0.111. The molecule has 0 spiro atoms. The third-order valence-electron chi connectivity index (χ3n) is 3.39. The van der Waals surface area contributed by atoms with Gasteiger partial charge in [0.2, 0.25) is 0 Å². The predicted molar refractivity (Wildman–Crippen MR) is 85.5 cm³/mol. The highest BCUT2D eigenvalue weighted by atomic mass is 19.1. The van der Waals surface area contributed by atoms with Crippen LogP contribution >= 0.6 is 0 Å². The van der Waals surface area contributed by atoms with Gasteiger partial charge in [-0.05, 0) is 31.2 Å². The van der Waals surface area contributed by atoms with Gasteiger partial charge in [0, 0.05) is 17.3 Å². The minimum absolute atomic E-state index is 0.0710. The standard InChI is InChI=1S/C18H13F2N3O2/c1-11-17(20)3-2-14(23-11)7-18(24)12-4-13(19)6-15(5-12)25-16-8-21-10-22-9-16/h2-6,8-10H,7H2,1H3. The summed E-state index contributed by atoms with van der Waals surface area (Å²) in [4.78, 5) is 24.0. The van der Waals surface area contributed by atoms with Crippen molar-refractivity contribution in [3.8, 4) is 11.5 Å². The Balaban J connectivity index is 1.81. The Hall–Kier alpha value is -3.22. The van der Waals surface area contributed by atoms with Crippen molar-refractivity contribution in [3.63, 3.8) is 0 Å². The summed E-state index contributed by atoms with van der Waals surface area (Å²) in [6.07, 6.45) is 4.11. The Morgan fingerprint density at radius 1 is 1.08 bits per heavy atom. The summed E-state index contributed by atoms with van der Waals surface area (Å²) in [6.45, 7) is 1.51. The average molecular weight is 341 g/mol. The summed E-state index contributed by atoms with van der Waals surface area (Å²) in [5, 5.41) is 0. The second-order valence-electron chi connectivity index (χ2n) is 5.32. The number of rotatable bonds is 5. The van der Waals surface area contributed by atoms with Gasteiger partial charge in [0.05, 0.1) is 24.5 Å². The number of halogens is 2. The Morgan fingerprint density at radius 2 is 1.84 bits per heavy atom. The number of aromatic nitrogens is 3. The zero-order chi connectivity index (χ0) is 17.8. The van der Waals surface area contributed by atoms with Crippen LogP contribution in [-0.2, 0) is 6.42 Å². The lowest BCUT2D eigenvalue weighted by Crippen LogP contribution is -2.07. The molecular weight excluding hydrogens is 328 g/mol. The molecule has 0 atom stereocenters. The summed E-state index contributed by atoms with van der Waals surface area (Å²) in [5.41, 5.74) is 0.750. The number of carbonyl (C=O) groups is 1. The van der Waals surface area contributed by atoms with Gasteiger partial charge in [-0.1, -0.05) is 0 Å². The Kier molecular flexibility index (Phi) is 4.74. The van der Waals surface area contributed by atoms with Gasteiger partial charge in [0.1, 0.15) is 23.7 Å². The van der Waals surface area contributed by atoms with Gasteiger partial charge in [-0.3, -0.25) is 9.78 Å². The van der Waals surface area contributed by atoms with E-state index in [0.717, 1.165) is 12.1 Å². The molecule has 2 heterocycles. The van der Waals surface area contributed by atoms with E-state index in [1.807, 2.05) is 0 Å². The third-order valence-corrected chi connectivity index (χ3v) is 3.39. The summed E-state index contributed by atoms with van der Waals surface area (Å²) < 4.78 is 32.5. The molecule has 7 heteroatoms. The van der Waals surface area contributed by atoms with Crippen molar-refractivity contribution >= 4 is 5.78 Å². The molecular formula is C18H13F2N3O2. The highest BCUT2D eigenvalue weighted by molar-refractivity contribution is 5.97. The molecule has 0 saturated heterocycles. The van der Waals surface area contributed by atoms with Crippen LogP contribution in [0.1, 0.15) is 21.7 Å². The van der Waals surface area contributed by atoms with Crippen LogP contribution in [0.4, 0.5) is 8.78 Å². The van der Waals surface area contributed by atoms with Crippen molar-refractivity contribution in [2.75, 3.05) is 0 Å². The van der Waals surface area contributed by atoms with Crippen LogP contribution < -0.4 is 4.74 Å². The largest absolute Gasteiger partial charge is 0.454 e. The van der Waals surface area contributed by atoms with E-state index in [1.165, 1.54) is 43.8 Å². The maximum Gasteiger partial charge on any atom is 0.169 e. The van der Waals surface area contributed by atoms with Crippen molar-refractivity contribution < 1.29 is 18.3 Å². The quantitative estimate of drug-likeness (QED) is 0.663. The Labute approximate surface area is 142 Å². The van der Waals surface area contributed by atoms with Crippen molar-refractivity contribution in [1.82, 2.24) is 15.0 Å². The molecule has 0 aliphatic rings. The van der Waals surface area contributed by atoms with E-state index in [4.69, 9.17) is 4.74 Å². The SMILES string of the molecule is Cc1nc(CC(=O)c2cc(F)cc(Oc3cncnc3)c2)ccc1F. The molecule has 0 bridgehead atoms. The van der Waals surface area contributed by atoms with Crippen LogP contribution in [0.15, 0.2) is 49.1 Å². The zero-order valence-corrected chi connectivity index (χ0v) is 13.2. The van der Waals surface area contributed by atoms with Crippen molar-refractivity contribution in [2.45, 2.75) is 13.3 Å². The fourth-order valence-corrected chi connectivity index (χ4v) is 2.22. The van der Waals surface area contributed by atoms with Crippen molar-refractivity contribution in [3.05, 3.63) is 77.6 Å². The van der Waals surface area contributed by atoms with E-state index >= 15 is 0 Å². The predicted octanol–water partition coefficient (Wildman–Crippen LogP) is 3.68. The number of Topliss-reactive ketones (excluding diaryl/α,β-unsaturated/α-hetero) is 1. The molecule has 0 fully saturated rings. The molecule has 0 N–H and O–H groups in total. The monoisotopic (exact) mass is 341 g/mol. The van der Waals surface area contributed by atoms with Gasteiger partial charge in [0.25, 0.3) is 0 Å². The minimum Gasteiger partial charge on any atom is -0.454 e. The van der Waals surface area contributed by atoms with Gasteiger partial charge in [-0.25, -0.2) is 18.7 Å². The highest BCUT2D eigenvalue weighted by Gasteiger charge is 2.13. The van der Waals surface area contributed by atoms with Crippen LogP contribution in [0.5, 0.6) is 11.5 Å². The lowest BCUT2D eigenvalue weighted by molar-refractivity contribution is 0.0991. The molecule has 126 valence electrons. The van der Waals surface area contributed by atoms with E-state index in [2.05, 4.69) is 15.0 Å². The average Bonchev–Trinajstić information content (AvgIpc) is 2.58. The minimum atomic E-state index is -0.610. The van der Waals surface area contributed by atoms with E-state index < -0.39 is 11.6 Å². The molecule has 3 rings (SSSR count). The molecule has 5 nitrogen and oxygen atoms in total. The van der Waals surface area contributed by atoms with Gasteiger partial charge < -0.3 is 4.74 Å². The number of benzene rings is 1. The van der Waals surface area contributed by atoms with Gasteiger partial charge in [0.15, 0.2) is 11.5 Å². The number of aryl methyl sites for hydroxylation is 1. The summed E-state index contributed by atoms with van der Waals surface area (Å²) in [7, 11) is 0. The number of hydrogen-bond donors (Lipinski definition) is 0. The van der Waals surface area contributed by atoms with E-state index in [0.29, 0.717) is 11.4 Å². The van der Waals surface area contributed by atoms with E-state index in [9.17, 15) is 13.6 Å². The van der Waals surface area contributed by atoms with Gasteiger partial charge in [-0.2, -0.15) is 0 Å². The third kappa shape index (κ3) is 4.20. The van der Waals surface area contributed by atoms with Crippen molar-refractivity contribution in [2.24, 2.45) is 0 Å². The molecule has 0 radical (unpaired) electrons. The van der Waals surface area contributed by atoms with Gasteiger partial charge >= 0.3 is 0 Å². The number of ether oxygens (including phenoxy) is 1. The molecule has 0 saturated carbocycles. The summed E-state index contributed by atoms with van der Waals surface area (Å²) in [5.74, 6) is -0.931. The van der Waals surface area contributed by atoms with Crippen LogP contribution in [0, 0.1) is 18.6 Å². The normalized spacial score (nSPS) is 10.5. The fourth-order valence-electron chi connectivity index (χ4n) is 2.22. The maximum absolute atomic E-state index is 13.8. The number of pyridine rings is 1. The number of nitrogens with zero attached hydrogens (tertiary/aromatic N) is 3. The lowest BCUT2D eigenvalue weighted by atomic mass is 10.1. The second kappa shape index (κ2) is 7.12. The Bertz CT molecular complexity index is 917. The second-order valence-corrected chi connectivity index (χ2v) is 5.32. The first-order valence-corrected chi connectivity index (χ1v) is 7.40. The first-order valence-electron chi connectivity index (χ1n) is 7.40. The molecule has 0 aliphatic carbocycles. The lowest BCUT2D eigenvalue weighted by Gasteiger charge is -2.08. The zero-order valence-electron chi connectivity index (χ0n) is 13.2. The highest BCUT2D eigenvalue weighted by Crippen LogP contribution is 2.23. The number of carbonyl (C=O) groups excluding carboxylic acids is 1. The van der Waals surface area contributed by atoms with Crippen LogP contribution in [0.25, 0.3) is 0 Å². The molecule has 3 aromatic rings. The smallest absolute Gasteiger partial charge is 0.169 e. The van der Waals surface area contributed by atoms with Crippen LogP contribution in [-0.4, -0.2) is 20.7 Å². The van der Waals surface area contributed by atoms with Crippen LogP contribution in [0.3, 0.4) is 0 Å². The summed E-state index contributed by atoms with van der Waals surface area (Å²) >= 11 is 0. The van der Waals surface area contributed by atoms with E-state index in [1.54, 1.807) is 0 Å². The molecule has 1 aromatic carbocycles. The topological polar surface area (TPSA) is 65.0 Å². The molecule has 0 unspecified atom stereocenters. The summed E-state index contributed by atoms with van der Waals surface area (Å²) in [6, 6.07) is 6.38. The van der Waals surface area contributed by atoms with Gasteiger partial charge in [-0.15, -0.1) is 0 Å². The molecule has 0 aliphatic heterocycles. The van der Waals surface area contributed by atoms with Crippen molar-refractivity contribution in [1.29, 1.82) is 0 Å². The Morgan fingerprint density at radius 3 is 2.56 bits per heavy atom. The molecule has 25 heavy (non-hydrogen) atoms. The molecule has 0 amide bonds. The molecule has 2 aromatic heterocycles. The maximum atomic E-state index is 13.8. The number of ketones is 1. The first-order chi connectivity index (χ1) is 12.0. The van der Waals surface area contributed by atoms with Crippen LogP contribution in [0.2, 0.25) is 0 Å². The number of hydrogen-bond acceptors (Lipinski definition) is 5.